The highest BCUT2D eigenvalue weighted by Gasteiger charge is 2.79. The first-order valence-corrected chi connectivity index (χ1v) is 13.4. The van der Waals surface area contributed by atoms with Gasteiger partial charge in [0.1, 0.15) is 17.9 Å². The highest BCUT2D eigenvalue weighted by atomic mass is 32.2. The maximum absolute atomic E-state index is 17.2. The van der Waals surface area contributed by atoms with E-state index in [9.17, 15) is 14.1 Å². The van der Waals surface area contributed by atoms with Gasteiger partial charge in [0.15, 0.2) is 17.0 Å². The van der Waals surface area contributed by atoms with Gasteiger partial charge in [0.25, 0.3) is 0 Å². The van der Waals surface area contributed by atoms with E-state index < -0.39 is 62.8 Å². The largest absolute Gasteiger partial charge is 0.390 e. The summed E-state index contributed by atoms with van der Waals surface area (Å²) in [4.78, 5) is 10.9. The van der Waals surface area contributed by atoms with Crippen molar-refractivity contribution in [1.29, 1.82) is 0 Å². The molecule has 0 aromatic carbocycles. The number of allylic oxidation sites excluding steroid dienone is 1. The number of alkyl halides is 2. The highest BCUT2D eigenvalue weighted by molar-refractivity contribution is 7.85. The summed E-state index contributed by atoms with van der Waals surface area (Å²) >= 11 is 0. The molecule has 180 valence electrons. The lowest BCUT2D eigenvalue weighted by Gasteiger charge is -2.64. The van der Waals surface area contributed by atoms with Crippen molar-refractivity contribution in [3.63, 3.8) is 0 Å². The summed E-state index contributed by atoms with van der Waals surface area (Å²) in [5, 5.41) is 11.4. The van der Waals surface area contributed by atoms with Gasteiger partial charge in [-0.15, -0.1) is 0 Å². The van der Waals surface area contributed by atoms with Crippen molar-refractivity contribution in [3.8, 4) is 0 Å². The van der Waals surface area contributed by atoms with Crippen LogP contribution >= 0.6 is 0 Å². The molecule has 0 aromatic heterocycles. The Hall–Kier alpha value is -0.700. The number of aliphatic hydroxyl groups is 1. The monoisotopic (exact) mass is 472 g/mol. The molecule has 1 aliphatic heterocycles. The fraction of sp³-hybridized carbons (Fsp3) is 0.875. The fourth-order valence-corrected chi connectivity index (χ4v) is 9.86. The van der Waals surface area contributed by atoms with Crippen LogP contribution in [0.1, 0.15) is 65.7 Å². The van der Waals surface area contributed by atoms with E-state index in [4.69, 9.17) is 9.47 Å². The summed E-state index contributed by atoms with van der Waals surface area (Å²) in [6.07, 6.45) is 1.35. The van der Waals surface area contributed by atoms with Gasteiger partial charge in [-0.2, -0.15) is 0 Å². The van der Waals surface area contributed by atoms with Gasteiger partial charge in [0, 0.05) is 29.4 Å². The van der Waals surface area contributed by atoms with E-state index in [-0.39, 0.29) is 43.0 Å². The zero-order chi connectivity index (χ0) is 23.3. The Morgan fingerprint density at radius 3 is 2.66 bits per heavy atom. The maximum Gasteiger partial charge on any atom is 0.177 e. The van der Waals surface area contributed by atoms with Crippen LogP contribution in [0.15, 0.2) is 11.6 Å². The quantitative estimate of drug-likeness (QED) is 0.677. The average Bonchev–Trinajstić information content (AvgIpc) is 3.19. The van der Waals surface area contributed by atoms with Gasteiger partial charge >= 0.3 is 0 Å². The minimum absolute atomic E-state index is 0.0662. The number of rotatable bonds is 3. The van der Waals surface area contributed by atoms with Crippen LogP contribution in [0.5, 0.6) is 0 Å². The molecule has 8 heteroatoms. The van der Waals surface area contributed by atoms with Crippen molar-refractivity contribution in [2.45, 2.75) is 101 Å². The number of aliphatic hydroxyl groups excluding tert-OH is 1. The summed E-state index contributed by atoms with van der Waals surface area (Å²) in [5.41, 5.74) is -3.93. The molecule has 11 unspecified atom stereocenters. The number of carbonyl (C=O) groups excluding carboxylic acids is 1. The predicted octanol–water partition coefficient (Wildman–Crippen LogP) is 3.76. The third-order valence-corrected chi connectivity index (χ3v) is 11.4. The number of hydrogen-bond acceptors (Lipinski definition) is 5. The second-order valence-corrected chi connectivity index (χ2v) is 12.6. The predicted molar refractivity (Wildman–Crippen MR) is 116 cm³/mol. The van der Waals surface area contributed by atoms with Crippen molar-refractivity contribution in [1.82, 2.24) is 0 Å². The molecule has 4 fully saturated rings. The zero-order valence-corrected chi connectivity index (χ0v) is 20.1. The molecule has 5 rings (SSSR count). The lowest BCUT2D eigenvalue weighted by Crippen LogP contribution is -2.70. The molecule has 5 aliphatic rings. The summed E-state index contributed by atoms with van der Waals surface area (Å²) in [5.74, 6) is -1.30. The molecule has 0 bridgehead atoms. The second kappa shape index (κ2) is 7.15. The third kappa shape index (κ3) is 2.53. The van der Waals surface area contributed by atoms with E-state index in [2.05, 4.69) is 0 Å². The molecule has 1 N–H and O–H groups in total. The SMILES string of the molecule is CCCC1OC2CC3C4CC(F)C5=CC(=O)CCC5(C)C4(F)C(O)CC3(C)C2(S(C)=O)O1. The molecule has 5 nitrogen and oxygen atoms in total. The van der Waals surface area contributed by atoms with Crippen LogP contribution in [0.3, 0.4) is 0 Å². The lowest BCUT2D eigenvalue weighted by molar-refractivity contribution is -0.232. The fourth-order valence-electron chi connectivity index (χ4n) is 8.20. The van der Waals surface area contributed by atoms with Gasteiger partial charge in [0.05, 0.1) is 16.9 Å². The lowest BCUT2D eigenvalue weighted by atomic mass is 9.44. The van der Waals surface area contributed by atoms with Crippen molar-refractivity contribution >= 4 is 16.6 Å². The van der Waals surface area contributed by atoms with Crippen molar-refractivity contribution in [2.24, 2.45) is 22.7 Å². The number of hydrogen-bond donors (Lipinski definition) is 1. The van der Waals surface area contributed by atoms with Crippen LogP contribution in [0.4, 0.5) is 8.78 Å². The molecule has 1 saturated heterocycles. The Labute approximate surface area is 190 Å². The zero-order valence-electron chi connectivity index (χ0n) is 19.2. The molecule has 11 atom stereocenters. The summed E-state index contributed by atoms with van der Waals surface area (Å²) < 4.78 is 58.5. The first-order chi connectivity index (χ1) is 15.0. The van der Waals surface area contributed by atoms with Crippen LogP contribution in [0, 0.1) is 22.7 Å². The number of halogens is 2. The molecule has 0 spiro atoms. The van der Waals surface area contributed by atoms with Gasteiger partial charge in [-0.3, -0.25) is 9.00 Å². The average molecular weight is 473 g/mol. The van der Waals surface area contributed by atoms with Gasteiger partial charge in [0.2, 0.25) is 0 Å². The van der Waals surface area contributed by atoms with Crippen molar-refractivity contribution in [3.05, 3.63) is 11.6 Å². The van der Waals surface area contributed by atoms with Crippen LogP contribution in [-0.4, -0.2) is 56.6 Å². The molecule has 0 aromatic rings. The van der Waals surface area contributed by atoms with Gasteiger partial charge in [-0.1, -0.05) is 27.2 Å². The Morgan fingerprint density at radius 2 is 2.00 bits per heavy atom. The van der Waals surface area contributed by atoms with E-state index >= 15 is 8.78 Å². The van der Waals surface area contributed by atoms with Crippen LogP contribution in [0.25, 0.3) is 0 Å². The Bertz CT molecular complexity index is 896. The Balaban J connectivity index is 1.61. The summed E-state index contributed by atoms with van der Waals surface area (Å²) in [6, 6.07) is 0. The van der Waals surface area contributed by atoms with Crippen LogP contribution in [0.2, 0.25) is 0 Å². The molecular weight excluding hydrogens is 438 g/mol. The summed E-state index contributed by atoms with van der Waals surface area (Å²) in [6.45, 7) is 5.61. The van der Waals surface area contributed by atoms with E-state index in [1.54, 1.807) is 13.2 Å². The minimum atomic E-state index is -2.07. The molecule has 4 aliphatic carbocycles. The highest BCUT2D eigenvalue weighted by Crippen LogP contribution is 2.72. The Kier molecular flexibility index (Phi) is 5.16. The van der Waals surface area contributed by atoms with Crippen LogP contribution < -0.4 is 0 Å². The van der Waals surface area contributed by atoms with E-state index in [0.717, 1.165) is 6.42 Å². The number of ether oxygens (including phenoxy) is 2. The van der Waals surface area contributed by atoms with Gasteiger partial charge < -0.3 is 14.6 Å². The first-order valence-electron chi connectivity index (χ1n) is 11.9. The second-order valence-electron chi connectivity index (χ2n) is 11.0. The summed E-state index contributed by atoms with van der Waals surface area (Å²) in [7, 11) is -1.45. The van der Waals surface area contributed by atoms with E-state index in [0.29, 0.717) is 12.8 Å². The standard InChI is InChI=1S/C24H34F2O5S/c1-5-6-20-30-19-11-14-15-10-17(25)16-9-13(27)7-8-21(16,2)23(15,26)18(28)12-22(14,3)24(19,31-20)32(4)29/h9,14-15,17-20,28H,5-8,10-12H2,1-4H3. The normalized spacial score (nSPS) is 55.5. The van der Waals surface area contributed by atoms with Crippen molar-refractivity contribution in [2.75, 3.05) is 6.26 Å². The maximum atomic E-state index is 17.2. The topological polar surface area (TPSA) is 72.8 Å². The van der Waals surface area contributed by atoms with Crippen molar-refractivity contribution < 1.29 is 32.4 Å². The molecule has 0 amide bonds. The molecule has 1 heterocycles. The molecule has 0 radical (unpaired) electrons. The van der Waals surface area contributed by atoms with E-state index in [1.807, 2.05) is 13.8 Å². The van der Waals surface area contributed by atoms with E-state index in [1.165, 1.54) is 6.08 Å². The smallest absolute Gasteiger partial charge is 0.177 e. The van der Waals surface area contributed by atoms with Crippen LogP contribution in [-0.2, 0) is 25.1 Å². The first kappa shape index (κ1) is 23.1. The number of carbonyl (C=O) groups is 1. The third-order valence-electron chi connectivity index (χ3n) is 9.68. The molecule has 32 heavy (non-hydrogen) atoms. The minimum Gasteiger partial charge on any atom is -0.390 e. The number of ketones is 1. The van der Waals surface area contributed by atoms with Gasteiger partial charge in [-0.05, 0) is 49.7 Å². The molecule has 3 saturated carbocycles. The Morgan fingerprint density at radius 1 is 1.28 bits per heavy atom. The molecular formula is C24H34F2O5S. The van der Waals surface area contributed by atoms with Gasteiger partial charge in [-0.25, -0.2) is 8.78 Å². The number of fused-ring (bicyclic) bond motifs is 7.